The predicted octanol–water partition coefficient (Wildman–Crippen LogP) is 6.27. The van der Waals surface area contributed by atoms with Crippen LogP contribution < -0.4 is 4.90 Å². The molecule has 1 amide bonds. The number of amides is 1. The van der Waals surface area contributed by atoms with E-state index in [-0.39, 0.29) is 23.0 Å². The van der Waals surface area contributed by atoms with Crippen LogP contribution in [0.3, 0.4) is 0 Å². The molecule has 5 rings (SSSR count). The Labute approximate surface area is 204 Å². The number of nitrogens with zero attached hydrogens (tertiary/aromatic N) is 3. The van der Waals surface area contributed by atoms with Gasteiger partial charge in [-0.15, -0.1) is 0 Å². The predicted molar refractivity (Wildman–Crippen MR) is 135 cm³/mol. The second-order valence-corrected chi connectivity index (χ2v) is 8.87. The van der Waals surface area contributed by atoms with Crippen LogP contribution in [0, 0.1) is 0 Å². The van der Waals surface area contributed by atoms with E-state index in [1.165, 1.54) is 18.5 Å². The number of aromatic nitrogens is 2. The highest BCUT2D eigenvalue weighted by Crippen LogP contribution is 2.31. The van der Waals surface area contributed by atoms with Crippen LogP contribution in [0.25, 0.3) is 22.2 Å². The quantitative estimate of drug-likeness (QED) is 0.305. The van der Waals surface area contributed by atoms with E-state index in [1.807, 2.05) is 53.2 Å². The number of benzene rings is 3. The summed E-state index contributed by atoms with van der Waals surface area (Å²) in [6.45, 7) is 0.327. The normalized spacial score (nSPS) is 11.0. The van der Waals surface area contributed by atoms with Crippen molar-refractivity contribution in [2.24, 2.45) is 0 Å². The standard InChI is InChI=1S/C26H18ClN3O3S/c27-18-3-8-23-22(11-18)25(29-15-28-23)17-1-4-19(5-2-17)30(13-16-9-10-34-14-16)26(33)21-7-6-20(31)12-24(21)32/h1-12,14-15,31-32H,13H2. The van der Waals surface area contributed by atoms with E-state index in [0.717, 1.165) is 33.8 Å². The summed E-state index contributed by atoms with van der Waals surface area (Å²) in [7, 11) is 0. The van der Waals surface area contributed by atoms with E-state index in [0.29, 0.717) is 17.3 Å². The first kappa shape index (κ1) is 21.9. The molecule has 0 aliphatic rings. The van der Waals surface area contributed by atoms with Crippen molar-refractivity contribution < 1.29 is 15.0 Å². The summed E-state index contributed by atoms with van der Waals surface area (Å²) in [6, 6.07) is 18.8. The highest BCUT2D eigenvalue weighted by atomic mass is 35.5. The van der Waals surface area contributed by atoms with Gasteiger partial charge in [0.25, 0.3) is 5.91 Å². The Kier molecular flexibility index (Phi) is 5.88. The number of phenolic OH excluding ortho intramolecular Hbond substituents is 2. The number of thiophene rings is 1. The minimum Gasteiger partial charge on any atom is -0.508 e. The molecule has 2 N–H and O–H groups in total. The molecule has 0 unspecified atom stereocenters. The zero-order valence-electron chi connectivity index (χ0n) is 17.7. The lowest BCUT2D eigenvalue weighted by molar-refractivity contribution is 0.0982. The van der Waals surface area contributed by atoms with E-state index >= 15 is 0 Å². The van der Waals surface area contributed by atoms with Gasteiger partial charge in [-0.1, -0.05) is 23.7 Å². The lowest BCUT2D eigenvalue weighted by Crippen LogP contribution is -2.30. The number of fused-ring (bicyclic) bond motifs is 1. The SMILES string of the molecule is O=C(c1ccc(O)cc1O)N(Cc1ccsc1)c1ccc(-c2ncnc3ccc(Cl)cc23)cc1. The van der Waals surface area contributed by atoms with E-state index in [1.54, 1.807) is 22.3 Å². The summed E-state index contributed by atoms with van der Waals surface area (Å²) in [5, 5.41) is 25.2. The zero-order chi connectivity index (χ0) is 23.7. The number of carbonyl (C=O) groups excluding carboxylic acids is 1. The minimum atomic E-state index is -0.379. The van der Waals surface area contributed by atoms with Gasteiger partial charge in [0, 0.05) is 27.7 Å². The van der Waals surface area contributed by atoms with E-state index in [4.69, 9.17) is 11.6 Å². The van der Waals surface area contributed by atoms with Crippen LogP contribution in [0.2, 0.25) is 5.02 Å². The molecule has 0 aliphatic heterocycles. The van der Waals surface area contributed by atoms with Crippen molar-refractivity contribution in [3.05, 3.63) is 100.0 Å². The number of anilines is 1. The fourth-order valence-electron chi connectivity index (χ4n) is 3.75. The molecular formula is C26H18ClN3O3S. The Morgan fingerprint density at radius 1 is 0.971 bits per heavy atom. The van der Waals surface area contributed by atoms with E-state index in [2.05, 4.69) is 9.97 Å². The molecule has 6 nitrogen and oxygen atoms in total. The summed E-state index contributed by atoms with van der Waals surface area (Å²) in [4.78, 5) is 23.8. The Morgan fingerprint density at radius 3 is 2.53 bits per heavy atom. The van der Waals surface area contributed by atoms with Crippen LogP contribution in [-0.2, 0) is 6.54 Å². The smallest absolute Gasteiger partial charge is 0.262 e. The largest absolute Gasteiger partial charge is 0.508 e. The first-order chi connectivity index (χ1) is 16.5. The molecule has 0 saturated carbocycles. The third-order valence-corrected chi connectivity index (χ3v) is 6.39. The van der Waals surface area contributed by atoms with Gasteiger partial charge in [0.1, 0.15) is 17.8 Å². The van der Waals surface area contributed by atoms with Gasteiger partial charge in [-0.25, -0.2) is 9.97 Å². The van der Waals surface area contributed by atoms with Crippen molar-refractivity contribution in [2.75, 3.05) is 4.90 Å². The fraction of sp³-hybridized carbons (Fsp3) is 0.0385. The Bertz CT molecular complexity index is 1490. The molecule has 0 radical (unpaired) electrons. The van der Waals surface area contributed by atoms with Crippen LogP contribution in [0.4, 0.5) is 5.69 Å². The summed E-state index contributed by atoms with van der Waals surface area (Å²) in [5.74, 6) is -0.767. The lowest BCUT2D eigenvalue weighted by Gasteiger charge is -2.23. The maximum absolute atomic E-state index is 13.4. The maximum atomic E-state index is 13.4. The highest BCUT2D eigenvalue weighted by Gasteiger charge is 2.22. The van der Waals surface area contributed by atoms with Gasteiger partial charge >= 0.3 is 0 Å². The summed E-state index contributed by atoms with van der Waals surface area (Å²) in [5.41, 5.74) is 4.12. The van der Waals surface area contributed by atoms with Crippen molar-refractivity contribution >= 4 is 45.4 Å². The number of carbonyl (C=O) groups is 1. The van der Waals surface area contributed by atoms with Gasteiger partial charge in [-0.05, 0) is 64.9 Å². The number of hydrogen-bond donors (Lipinski definition) is 2. The number of hydrogen-bond acceptors (Lipinski definition) is 6. The number of aromatic hydroxyl groups is 2. The molecule has 2 heterocycles. The van der Waals surface area contributed by atoms with Crippen LogP contribution in [0.5, 0.6) is 11.5 Å². The van der Waals surface area contributed by atoms with Crippen molar-refractivity contribution in [3.63, 3.8) is 0 Å². The maximum Gasteiger partial charge on any atom is 0.262 e. The monoisotopic (exact) mass is 487 g/mol. The first-order valence-electron chi connectivity index (χ1n) is 10.4. The molecule has 34 heavy (non-hydrogen) atoms. The van der Waals surface area contributed by atoms with Crippen LogP contribution in [-0.4, -0.2) is 26.1 Å². The molecule has 0 bridgehead atoms. The molecule has 0 spiro atoms. The van der Waals surface area contributed by atoms with Gasteiger partial charge in [0.05, 0.1) is 23.3 Å². The number of phenols is 2. The summed E-state index contributed by atoms with van der Waals surface area (Å²) < 4.78 is 0. The molecule has 8 heteroatoms. The van der Waals surface area contributed by atoms with E-state index < -0.39 is 0 Å². The molecule has 168 valence electrons. The Hall–Kier alpha value is -3.94. The minimum absolute atomic E-state index is 0.105. The average Bonchev–Trinajstić information content (AvgIpc) is 3.35. The summed E-state index contributed by atoms with van der Waals surface area (Å²) >= 11 is 7.74. The average molecular weight is 488 g/mol. The molecule has 0 aliphatic carbocycles. The van der Waals surface area contributed by atoms with Gasteiger partial charge < -0.3 is 15.1 Å². The molecule has 0 saturated heterocycles. The second kappa shape index (κ2) is 9.13. The fourth-order valence-corrected chi connectivity index (χ4v) is 4.58. The Morgan fingerprint density at radius 2 is 1.79 bits per heavy atom. The van der Waals surface area contributed by atoms with Crippen molar-refractivity contribution in [2.45, 2.75) is 6.54 Å². The molecular weight excluding hydrogens is 470 g/mol. The van der Waals surface area contributed by atoms with Gasteiger partial charge in [0.2, 0.25) is 0 Å². The third kappa shape index (κ3) is 4.31. The van der Waals surface area contributed by atoms with Crippen LogP contribution >= 0.6 is 22.9 Å². The molecule has 0 atom stereocenters. The van der Waals surface area contributed by atoms with Gasteiger partial charge in [-0.2, -0.15) is 11.3 Å². The summed E-state index contributed by atoms with van der Waals surface area (Å²) in [6.07, 6.45) is 1.51. The number of halogens is 1. The van der Waals surface area contributed by atoms with E-state index in [9.17, 15) is 15.0 Å². The molecule has 2 aromatic heterocycles. The van der Waals surface area contributed by atoms with Crippen LogP contribution in [0.1, 0.15) is 15.9 Å². The third-order valence-electron chi connectivity index (χ3n) is 5.43. The lowest BCUT2D eigenvalue weighted by atomic mass is 10.1. The highest BCUT2D eigenvalue weighted by molar-refractivity contribution is 7.07. The number of rotatable bonds is 5. The van der Waals surface area contributed by atoms with Crippen LogP contribution in [0.15, 0.2) is 83.8 Å². The van der Waals surface area contributed by atoms with Crippen molar-refractivity contribution in [3.8, 4) is 22.8 Å². The zero-order valence-corrected chi connectivity index (χ0v) is 19.3. The topological polar surface area (TPSA) is 86.5 Å². The molecule has 0 fully saturated rings. The Balaban J connectivity index is 1.54. The molecule has 5 aromatic rings. The molecule has 3 aromatic carbocycles. The van der Waals surface area contributed by atoms with Crippen molar-refractivity contribution in [1.82, 2.24) is 9.97 Å². The van der Waals surface area contributed by atoms with Gasteiger partial charge in [0.15, 0.2) is 0 Å². The van der Waals surface area contributed by atoms with Crippen molar-refractivity contribution in [1.29, 1.82) is 0 Å². The van der Waals surface area contributed by atoms with Gasteiger partial charge in [-0.3, -0.25) is 4.79 Å². The second-order valence-electron chi connectivity index (χ2n) is 7.65. The first-order valence-corrected chi connectivity index (χ1v) is 11.7.